The third kappa shape index (κ3) is 2.23. The van der Waals surface area contributed by atoms with Crippen LogP contribution in [0.3, 0.4) is 0 Å². The lowest BCUT2D eigenvalue weighted by Crippen LogP contribution is -2.11. The topological polar surface area (TPSA) is 95.2 Å². The van der Waals surface area contributed by atoms with Crippen LogP contribution in [0.2, 0.25) is 0 Å². The van der Waals surface area contributed by atoms with Gasteiger partial charge in [-0.15, -0.1) is 0 Å². The second-order valence-corrected chi connectivity index (χ2v) is 4.43. The predicted molar refractivity (Wildman–Crippen MR) is 75.5 cm³/mol. The zero-order valence-electron chi connectivity index (χ0n) is 9.42. The van der Waals surface area contributed by atoms with Gasteiger partial charge in [-0.2, -0.15) is 0 Å². The van der Waals surface area contributed by atoms with E-state index in [1.54, 1.807) is 24.3 Å². The first-order valence-corrected chi connectivity index (χ1v) is 5.63. The molecule has 0 heterocycles. The zero-order chi connectivity index (χ0) is 13.3. The monoisotopic (exact) mass is 261 g/mol. The molecule has 0 atom stereocenters. The minimum atomic E-state index is -0.425. The Bertz CT molecular complexity index is 605. The van der Waals surface area contributed by atoms with Crippen molar-refractivity contribution in [2.45, 2.75) is 6.42 Å². The van der Waals surface area contributed by atoms with Crippen molar-refractivity contribution in [2.75, 3.05) is 11.5 Å². The first-order chi connectivity index (χ1) is 8.49. The predicted octanol–water partition coefficient (Wildman–Crippen LogP) is 2.17. The average Bonchev–Trinajstić information content (AvgIpc) is 2.30. The van der Waals surface area contributed by atoms with E-state index in [0.717, 1.165) is 11.1 Å². The van der Waals surface area contributed by atoms with Gasteiger partial charge in [0.05, 0.1) is 11.3 Å². The lowest BCUT2D eigenvalue weighted by molar-refractivity contribution is -0.426. The van der Waals surface area contributed by atoms with E-state index in [-0.39, 0.29) is 12.1 Å². The SMILES string of the molecule is Nc1ccc(C2=CC=C([N+](=O)[O-])CC2=S)c(N)c1. The summed E-state index contributed by atoms with van der Waals surface area (Å²) >= 11 is 5.20. The number of allylic oxidation sites excluding steroid dienone is 4. The fourth-order valence-electron chi connectivity index (χ4n) is 1.78. The summed E-state index contributed by atoms with van der Waals surface area (Å²) in [5.74, 6) is 0. The summed E-state index contributed by atoms with van der Waals surface area (Å²) in [7, 11) is 0. The normalized spacial score (nSPS) is 15.0. The van der Waals surface area contributed by atoms with Crippen LogP contribution in [0.5, 0.6) is 0 Å². The van der Waals surface area contributed by atoms with Gasteiger partial charge >= 0.3 is 0 Å². The Balaban J connectivity index is 2.45. The number of nitrogen functional groups attached to an aromatic ring is 2. The Hall–Kier alpha value is -2.21. The van der Waals surface area contributed by atoms with Crippen molar-refractivity contribution in [3.05, 3.63) is 51.7 Å². The molecule has 0 fully saturated rings. The third-order valence-electron chi connectivity index (χ3n) is 2.68. The van der Waals surface area contributed by atoms with E-state index in [4.69, 9.17) is 23.7 Å². The molecule has 92 valence electrons. The molecule has 18 heavy (non-hydrogen) atoms. The van der Waals surface area contributed by atoms with E-state index in [9.17, 15) is 10.1 Å². The molecule has 0 bridgehead atoms. The summed E-state index contributed by atoms with van der Waals surface area (Å²) in [5.41, 5.74) is 14.2. The maximum Gasteiger partial charge on any atom is 0.251 e. The Kier molecular flexibility index (Phi) is 3.12. The van der Waals surface area contributed by atoms with Crippen LogP contribution in [-0.4, -0.2) is 9.79 Å². The fourth-order valence-corrected chi connectivity index (χ4v) is 2.11. The van der Waals surface area contributed by atoms with Crippen LogP contribution < -0.4 is 11.5 Å². The summed E-state index contributed by atoms with van der Waals surface area (Å²) in [6.07, 6.45) is 3.24. The van der Waals surface area contributed by atoms with Crippen molar-refractivity contribution in [1.29, 1.82) is 0 Å². The quantitative estimate of drug-likeness (QED) is 0.368. The largest absolute Gasteiger partial charge is 0.399 e. The summed E-state index contributed by atoms with van der Waals surface area (Å²) in [4.78, 5) is 10.8. The van der Waals surface area contributed by atoms with Gasteiger partial charge in [-0.05, 0) is 23.8 Å². The van der Waals surface area contributed by atoms with E-state index in [1.165, 1.54) is 6.08 Å². The molecule has 1 aromatic carbocycles. The average molecular weight is 261 g/mol. The van der Waals surface area contributed by atoms with Gasteiger partial charge in [0.25, 0.3) is 5.70 Å². The number of nitrogens with zero attached hydrogens (tertiary/aromatic N) is 1. The van der Waals surface area contributed by atoms with Gasteiger partial charge in [-0.3, -0.25) is 10.1 Å². The minimum Gasteiger partial charge on any atom is -0.399 e. The number of benzene rings is 1. The molecule has 0 aromatic heterocycles. The Morgan fingerprint density at radius 1 is 1.28 bits per heavy atom. The summed E-state index contributed by atoms with van der Waals surface area (Å²) in [5, 5.41) is 10.7. The molecule has 5 nitrogen and oxygen atoms in total. The summed E-state index contributed by atoms with van der Waals surface area (Å²) in [6, 6.07) is 5.14. The Labute approximate surface area is 109 Å². The van der Waals surface area contributed by atoms with Crippen molar-refractivity contribution in [1.82, 2.24) is 0 Å². The lowest BCUT2D eigenvalue weighted by atomic mass is 9.94. The highest BCUT2D eigenvalue weighted by atomic mass is 32.1. The van der Waals surface area contributed by atoms with Crippen molar-refractivity contribution in [2.24, 2.45) is 0 Å². The molecule has 4 N–H and O–H groups in total. The van der Waals surface area contributed by atoms with Gasteiger partial charge in [-0.25, -0.2) is 0 Å². The fraction of sp³-hybridized carbons (Fsp3) is 0.0833. The number of anilines is 2. The van der Waals surface area contributed by atoms with Crippen LogP contribution in [0.25, 0.3) is 5.57 Å². The Morgan fingerprint density at radius 3 is 2.56 bits per heavy atom. The molecule has 1 aromatic rings. The molecule has 0 radical (unpaired) electrons. The van der Waals surface area contributed by atoms with Gasteiger partial charge in [0.1, 0.15) is 0 Å². The van der Waals surface area contributed by atoms with Crippen LogP contribution in [0.1, 0.15) is 12.0 Å². The van der Waals surface area contributed by atoms with Crippen molar-refractivity contribution < 1.29 is 4.92 Å². The highest BCUT2D eigenvalue weighted by Gasteiger charge is 2.21. The van der Waals surface area contributed by atoms with E-state index in [2.05, 4.69) is 0 Å². The lowest BCUT2D eigenvalue weighted by Gasteiger charge is -2.14. The van der Waals surface area contributed by atoms with Gasteiger partial charge in [0, 0.05) is 27.9 Å². The second-order valence-electron chi connectivity index (χ2n) is 3.94. The molecule has 6 heteroatoms. The van der Waals surface area contributed by atoms with Crippen LogP contribution in [0.15, 0.2) is 36.0 Å². The number of thiocarbonyl (C=S) groups is 1. The van der Waals surface area contributed by atoms with Gasteiger partial charge in [0.2, 0.25) is 0 Å². The first kappa shape index (κ1) is 12.3. The number of rotatable bonds is 2. The summed E-state index contributed by atoms with van der Waals surface area (Å²) < 4.78 is 0. The number of nitro groups is 1. The van der Waals surface area contributed by atoms with Crippen LogP contribution in [0.4, 0.5) is 11.4 Å². The van der Waals surface area contributed by atoms with E-state index in [1.807, 2.05) is 0 Å². The standard InChI is InChI=1S/C12H11N3O2S/c13-7-1-3-9(11(14)5-7)10-4-2-8(15(16)17)6-12(10)18/h1-5H,6,13-14H2. The highest BCUT2D eigenvalue weighted by Crippen LogP contribution is 2.30. The number of nitrogens with two attached hydrogens (primary N) is 2. The molecule has 0 amide bonds. The highest BCUT2D eigenvalue weighted by molar-refractivity contribution is 7.81. The van der Waals surface area contributed by atoms with E-state index >= 15 is 0 Å². The molecule has 0 saturated carbocycles. The van der Waals surface area contributed by atoms with Gasteiger partial charge < -0.3 is 11.5 Å². The second kappa shape index (κ2) is 4.58. The number of hydrogen-bond donors (Lipinski definition) is 2. The van der Waals surface area contributed by atoms with Gasteiger partial charge in [0.15, 0.2) is 0 Å². The van der Waals surface area contributed by atoms with Crippen LogP contribution in [-0.2, 0) is 0 Å². The minimum absolute atomic E-state index is 0.0952. The molecule has 0 spiro atoms. The molecule has 2 rings (SSSR count). The van der Waals surface area contributed by atoms with Crippen molar-refractivity contribution >= 4 is 34.0 Å². The van der Waals surface area contributed by atoms with Crippen molar-refractivity contribution in [3.8, 4) is 0 Å². The molecular weight excluding hydrogens is 250 g/mol. The molecule has 0 saturated heterocycles. The van der Waals surface area contributed by atoms with Crippen LogP contribution in [0, 0.1) is 10.1 Å². The van der Waals surface area contributed by atoms with Crippen molar-refractivity contribution in [3.63, 3.8) is 0 Å². The van der Waals surface area contributed by atoms with Gasteiger partial charge in [-0.1, -0.05) is 18.3 Å². The van der Waals surface area contributed by atoms with E-state index < -0.39 is 4.92 Å². The zero-order valence-corrected chi connectivity index (χ0v) is 10.2. The third-order valence-corrected chi connectivity index (χ3v) is 3.05. The summed E-state index contributed by atoms with van der Waals surface area (Å²) in [6.45, 7) is 0. The smallest absolute Gasteiger partial charge is 0.251 e. The first-order valence-electron chi connectivity index (χ1n) is 5.23. The van der Waals surface area contributed by atoms with E-state index in [0.29, 0.717) is 16.2 Å². The molecule has 1 aliphatic rings. The maximum absolute atomic E-state index is 10.7. The number of hydrogen-bond acceptors (Lipinski definition) is 5. The molecule has 0 unspecified atom stereocenters. The maximum atomic E-state index is 10.7. The Morgan fingerprint density at radius 2 is 2.00 bits per heavy atom. The molecule has 1 aliphatic carbocycles. The van der Waals surface area contributed by atoms with Crippen LogP contribution >= 0.6 is 12.2 Å². The molecule has 0 aliphatic heterocycles. The molecular formula is C12H11N3O2S.